The van der Waals surface area contributed by atoms with Gasteiger partial charge in [-0.1, -0.05) is 6.92 Å². The van der Waals surface area contributed by atoms with Gasteiger partial charge in [-0.15, -0.1) is 0 Å². The molecule has 0 aromatic carbocycles. The number of rotatable bonds is 5. The Morgan fingerprint density at radius 3 is 2.67 bits per heavy atom. The van der Waals surface area contributed by atoms with Crippen LogP contribution in [-0.4, -0.2) is 26.2 Å². The van der Waals surface area contributed by atoms with Gasteiger partial charge in [0.25, 0.3) is 0 Å². The average molecular weight is 171 g/mol. The molecule has 0 radical (unpaired) electrons. The summed E-state index contributed by atoms with van der Waals surface area (Å²) < 4.78 is 4.71. The molecule has 0 heterocycles. The molecule has 0 saturated heterocycles. The number of hydrogen-bond donors (Lipinski definition) is 1. The molecular weight excluding hydrogens is 154 g/mol. The van der Waals surface area contributed by atoms with Crippen LogP contribution in [0.1, 0.15) is 26.2 Å². The van der Waals surface area contributed by atoms with Gasteiger partial charge in [-0.2, -0.15) is 0 Å². The van der Waals surface area contributed by atoms with Crippen LogP contribution in [0.3, 0.4) is 0 Å². The number of carbonyl (C=O) groups excluding carboxylic acids is 1. The molecule has 70 valence electrons. The Kier molecular flexibility index (Phi) is 3.09. The third kappa shape index (κ3) is 2.48. The maximum absolute atomic E-state index is 11.0. The van der Waals surface area contributed by atoms with Crippen molar-refractivity contribution in [2.75, 3.05) is 20.3 Å². The van der Waals surface area contributed by atoms with E-state index < -0.39 is 0 Å². The topological polar surface area (TPSA) is 38.3 Å². The molecule has 1 amide bonds. The molecule has 0 atom stereocenters. The van der Waals surface area contributed by atoms with E-state index in [2.05, 4.69) is 12.2 Å². The van der Waals surface area contributed by atoms with Crippen LogP contribution in [0.4, 0.5) is 0 Å². The second-order valence-corrected chi connectivity index (χ2v) is 3.56. The number of ether oxygens (including phenoxy) is 1. The molecular formula is C9H17NO2. The van der Waals surface area contributed by atoms with Gasteiger partial charge < -0.3 is 10.1 Å². The van der Waals surface area contributed by atoms with E-state index in [1.807, 2.05) is 0 Å². The summed E-state index contributed by atoms with van der Waals surface area (Å²) in [6, 6.07) is 0. The molecule has 12 heavy (non-hydrogen) atoms. The number of amides is 1. The van der Waals surface area contributed by atoms with Crippen LogP contribution < -0.4 is 5.32 Å². The van der Waals surface area contributed by atoms with E-state index in [0.29, 0.717) is 5.41 Å². The molecule has 0 aliphatic heterocycles. The summed E-state index contributed by atoms with van der Waals surface area (Å²) in [5.41, 5.74) is 0.434. The first-order valence-electron chi connectivity index (χ1n) is 4.48. The molecule has 1 fully saturated rings. The van der Waals surface area contributed by atoms with Crippen LogP contribution in [0.25, 0.3) is 0 Å². The molecule has 1 aliphatic rings. The lowest BCUT2D eigenvalue weighted by Gasteiger charge is -2.12. The molecule has 1 aliphatic carbocycles. The lowest BCUT2D eigenvalue weighted by Crippen LogP contribution is -2.32. The molecule has 0 bridgehead atoms. The molecule has 1 N–H and O–H groups in total. The van der Waals surface area contributed by atoms with Crippen molar-refractivity contribution >= 4 is 5.91 Å². The highest BCUT2D eigenvalue weighted by Crippen LogP contribution is 2.47. The smallest absolute Gasteiger partial charge is 0.246 e. The van der Waals surface area contributed by atoms with Crippen molar-refractivity contribution in [2.24, 2.45) is 5.41 Å². The fourth-order valence-corrected chi connectivity index (χ4v) is 1.30. The van der Waals surface area contributed by atoms with E-state index in [4.69, 9.17) is 4.74 Å². The van der Waals surface area contributed by atoms with Crippen LogP contribution in [0, 0.1) is 5.41 Å². The zero-order chi connectivity index (χ0) is 9.03. The first kappa shape index (κ1) is 9.52. The van der Waals surface area contributed by atoms with E-state index in [1.165, 1.54) is 26.4 Å². The Balaban J connectivity index is 2.12. The summed E-state index contributed by atoms with van der Waals surface area (Å²) in [6.45, 7) is 3.18. The van der Waals surface area contributed by atoms with E-state index in [-0.39, 0.29) is 12.5 Å². The molecule has 0 aromatic rings. The lowest BCUT2D eigenvalue weighted by molar-refractivity contribution is -0.125. The predicted octanol–water partition coefficient (Wildman–Crippen LogP) is 0.939. The van der Waals surface area contributed by atoms with Crippen molar-refractivity contribution in [1.82, 2.24) is 5.32 Å². The van der Waals surface area contributed by atoms with E-state index in [0.717, 1.165) is 6.54 Å². The summed E-state index contributed by atoms with van der Waals surface area (Å²) >= 11 is 0. The van der Waals surface area contributed by atoms with Crippen LogP contribution in [0.2, 0.25) is 0 Å². The molecule has 0 spiro atoms. The lowest BCUT2D eigenvalue weighted by atomic mass is 10.0. The number of carbonyl (C=O) groups is 1. The highest BCUT2D eigenvalue weighted by atomic mass is 16.5. The Bertz CT molecular complexity index is 164. The fraction of sp³-hybridized carbons (Fsp3) is 0.889. The van der Waals surface area contributed by atoms with Gasteiger partial charge in [0, 0.05) is 13.7 Å². The fourth-order valence-electron chi connectivity index (χ4n) is 1.30. The molecule has 1 saturated carbocycles. The van der Waals surface area contributed by atoms with Gasteiger partial charge in [-0.05, 0) is 24.7 Å². The van der Waals surface area contributed by atoms with Crippen molar-refractivity contribution in [2.45, 2.75) is 26.2 Å². The van der Waals surface area contributed by atoms with Gasteiger partial charge in [-0.3, -0.25) is 4.79 Å². The summed E-state index contributed by atoms with van der Waals surface area (Å²) in [5, 5.41) is 2.87. The highest BCUT2D eigenvalue weighted by molar-refractivity contribution is 5.77. The molecule has 0 aromatic heterocycles. The van der Waals surface area contributed by atoms with Crippen molar-refractivity contribution in [3.8, 4) is 0 Å². The molecule has 0 unspecified atom stereocenters. The number of hydrogen-bond acceptors (Lipinski definition) is 2. The standard InChI is InChI=1S/C9H17NO2/c1-3-9(4-5-9)7-10-8(11)6-12-2/h3-7H2,1-2H3,(H,10,11). The van der Waals surface area contributed by atoms with Gasteiger partial charge in [-0.25, -0.2) is 0 Å². The van der Waals surface area contributed by atoms with Gasteiger partial charge in [0.1, 0.15) is 6.61 Å². The van der Waals surface area contributed by atoms with E-state index >= 15 is 0 Å². The van der Waals surface area contributed by atoms with Gasteiger partial charge in [0.05, 0.1) is 0 Å². The largest absolute Gasteiger partial charge is 0.375 e. The number of nitrogens with one attached hydrogen (secondary N) is 1. The van der Waals surface area contributed by atoms with Crippen LogP contribution in [0.5, 0.6) is 0 Å². The van der Waals surface area contributed by atoms with E-state index in [9.17, 15) is 4.79 Å². The molecule has 3 nitrogen and oxygen atoms in total. The minimum absolute atomic E-state index is 0.00257. The summed E-state index contributed by atoms with van der Waals surface area (Å²) in [4.78, 5) is 11.0. The van der Waals surface area contributed by atoms with Crippen LogP contribution in [-0.2, 0) is 9.53 Å². The normalized spacial score (nSPS) is 18.8. The van der Waals surface area contributed by atoms with Crippen molar-refractivity contribution in [1.29, 1.82) is 0 Å². The SMILES string of the molecule is CCC1(CNC(=O)COC)CC1. The summed E-state index contributed by atoms with van der Waals surface area (Å²) in [7, 11) is 1.53. The highest BCUT2D eigenvalue weighted by Gasteiger charge is 2.40. The van der Waals surface area contributed by atoms with Gasteiger partial charge in [0.2, 0.25) is 5.91 Å². The Morgan fingerprint density at radius 1 is 1.58 bits per heavy atom. The third-order valence-electron chi connectivity index (χ3n) is 2.64. The Hall–Kier alpha value is -0.570. The number of methoxy groups -OCH3 is 1. The van der Waals surface area contributed by atoms with Crippen molar-refractivity contribution in [3.05, 3.63) is 0 Å². The zero-order valence-corrected chi connectivity index (χ0v) is 7.85. The maximum atomic E-state index is 11.0. The van der Waals surface area contributed by atoms with Crippen molar-refractivity contribution < 1.29 is 9.53 Å². The van der Waals surface area contributed by atoms with Gasteiger partial charge >= 0.3 is 0 Å². The second kappa shape index (κ2) is 3.90. The quantitative estimate of drug-likeness (QED) is 0.668. The zero-order valence-electron chi connectivity index (χ0n) is 7.85. The van der Waals surface area contributed by atoms with Gasteiger partial charge in [0.15, 0.2) is 0 Å². The second-order valence-electron chi connectivity index (χ2n) is 3.56. The van der Waals surface area contributed by atoms with E-state index in [1.54, 1.807) is 0 Å². The maximum Gasteiger partial charge on any atom is 0.246 e. The van der Waals surface area contributed by atoms with Crippen molar-refractivity contribution in [3.63, 3.8) is 0 Å². The van der Waals surface area contributed by atoms with Crippen LogP contribution in [0.15, 0.2) is 0 Å². The minimum atomic E-state index is -0.00257. The first-order chi connectivity index (χ1) is 5.72. The predicted molar refractivity (Wildman–Crippen MR) is 46.8 cm³/mol. The monoisotopic (exact) mass is 171 g/mol. The third-order valence-corrected chi connectivity index (χ3v) is 2.64. The Labute approximate surface area is 73.5 Å². The first-order valence-corrected chi connectivity index (χ1v) is 4.48. The molecule has 1 rings (SSSR count). The summed E-state index contributed by atoms with van der Waals surface area (Å²) in [5.74, 6) is -0.00257. The average Bonchev–Trinajstić information content (AvgIpc) is 2.82. The minimum Gasteiger partial charge on any atom is -0.375 e. The summed E-state index contributed by atoms with van der Waals surface area (Å²) in [6.07, 6.45) is 3.69. The Morgan fingerprint density at radius 2 is 2.25 bits per heavy atom. The molecule has 3 heteroatoms. The van der Waals surface area contributed by atoms with Crippen LogP contribution >= 0.6 is 0 Å².